The maximum absolute atomic E-state index is 10.1. The van der Waals surface area contributed by atoms with Crippen LogP contribution in [0.3, 0.4) is 0 Å². The number of carbonyl (C=O) groups is 1. The Bertz CT molecular complexity index is 209. The highest BCUT2D eigenvalue weighted by Crippen LogP contribution is 2.11. The molecule has 0 saturated heterocycles. The molecule has 5 heteroatoms. The van der Waals surface area contributed by atoms with Crippen molar-refractivity contribution in [3.8, 4) is 0 Å². The number of azo groups is 1. The molecule has 54 valence electrons. The predicted molar refractivity (Wildman–Crippen MR) is 33.2 cm³/mol. The Morgan fingerprint density at radius 2 is 2.60 bits per heavy atom. The Morgan fingerprint density at radius 1 is 1.90 bits per heavy atom. The Labute approximate surface area is 57.2 Å². The smallest absolute Gasteiger partial charge is 0.309 e. The van der Waals surface area contributed by atoms with Gasteiger partial charge in [0.25, 0.3) is 0 Å². The summed E-state index contributed by atoms with van der Waals surface area (Å²) in [6.45, 7) is 0. The zero-order valence-electron chi connectivity index (χ0n) is 5.19. The maximum atomic E-state index is 10.1. The van der Waals surface area contributed by atoms with Gasteiger partial charge >= 0.3 is 5.97 Å². The first kappa shape index (κ1) is 6.88. The van der Waals surface area contributed by atoms with E-state index >= 15 is 0 Å². The van der Waals surface area contributed by atoms with Crippen LogP contribution in [0.4, 0.5) is 0 Å². The quantitative estimate of drug-likeness (QED) is 0.571. The molecule has 0 aromatic heterocycles. The van der Waals surface area contributed by atoms with Gasteiger partial charge in [-0.3, -0.25) is 4.79 Å². The summed E-state index contributed by atoms with van der Waals surface area (Å²) in [6, 6.07) is 0. The minimum Gasteiger partial charge on any atom is -0.481 e. The number of carboxylic acids is 1. The molecule has 0 radical (unpaired) electrons. The van der Waals surface area contributed by atoms with E-state index in [0.29, 0.717) is 5.70 Å². The van der Waals surface area contributed by atoms with Crippen LogP contribution in [0.2, 0.25) is 0 Å². The van der Waals surface area contributed by atoms with Gasteiger partial charge in [-0.2, -0.15) is 10.2 Å². The average Bonchev–Trinajstić information content (AvgIpc) is 2.13. The first-order valence-corrected chi connectivity index (χ1v) is 2.77. The first-order chi connectivity index (χ1) is 4.68. The molecule has 0 unspecified atom stereocenters. The highest BCUT2D eigenvalue weighted by molar-refractivity contribution is 5.69. The van der Waals surface area contributed by atoms with E-state index in [0.717, 1.165) is 0 Å². The average molecular weight is 141 g/mol. The van der Waals surface area contributed by atoms with Crippen molar-refractivity contribution in [2.24, 2.45) is 16.0 Å². The molecule has 0 aromatic carbocycles. The Balaban J connectivity index is 2.52. The summed E-state index contributed by atoms with van der Waals surface area (Å²) in [4.78, 5) is 10.1. The van der Waals surface area contributed by atoms with Crippen molar-refractivity contribution in [3.05, 3.63) is 11.8 Å². The molecular weight excluding hydrogens is 134 g/mol. The number of carboxylic acid groups (broad SMARTS) is 1. The third-order valence-corrected chi connectivity index (χ3v) is 1.02. The summed E-state index contributed by atoms with van der Waals surface area (Å²) in [6.07, 6.45) is 0.972. The monoisotopic (exact) mass is 141 g/mol. The van der Waals surface area contributed by atoms with Crippen LogP contribution in [0.15, 0.2) is 22.0 Å². The van der Waals surface area contributed by atoms with Crippen molar-refractivity contribution in [3.63, 3.8) is 0 Å². The minimum absolute atomic E-state index is 0.100. The molecule has 3 N–H and O–H groups in total. The number of nitrogens with zero attached hydrogens (tertiary/aromatic N) is 2. The minimum atomic E-state index is -0.917. The van der Waals surface area contributed by atoms with E-state index in [9.17, 15) is 4.79 Å². The molecular formula is C5H7N3O2. The SMILES string of the molecule is N[C@@H]1C=C(CC(=O)O)N=N1. The third-order valence-electron chi connectivity index (χ3n) is 1.02. The number of aliphatic carboxylic acids is 1. The zero-order valence-corrected chi connectivity index (χ0v) is 5.19. The van der Waals surface area contributed by atoms with Crippen LogP contribution in [0.1, 0.15) is 6.42 Å². The fourth-order valence-electron chi connectivity index (χ4n) is 0.654. The van der Waals surface area contributed by atoms with Crippen molar-refractivity contribution < 1.29 is 9.90 Å². The molecule has 0 spiro atoms. The van der Waals surface area contributed by atoms with E-state index in [1.807, 2.05) is 0 Å². The maximum Gasteiger partial charge on any atom is 0.309 e. The van der Waals surface area contributed by atoms with Crippen LogP contribution < -0.4 is 5.73 Å². The lowest BCUT2D eigenvalue weighted by atomic mass is 10.3. The topological polar surface area (TPSA) is 88.0 Å². The second-order valence-corrected chi connectivity index (χ2v) is 1.93. The molecule has 0 aromatic rings. The zero-order chi connectivity index (χ0) is 7.56. The van der Waals surface area contributed by atoms with Gasteiger partial charge in [-0.15, -0.1) is 0 Å². The molecule has 0 fully saturated rings. The van der Waals surface area contributed by atoms with Crippen molar-refractivity contribution in [1.29, 1.82) is 0 Å². The van der Waals surface area contributed by atoms with Crippen LogP contribution in [0.5, 0.6) is 0 Å². The van der Waals surface area contributed by atoms with Gasteiger partial charge in [0.2, 0.25) is 0 Å². The fourth-order valence-corrected chi connectivity index (χ4v) is 0.654. The van der Waals surface area contributed by atoms with Crippen molar-refractivity contribution in [1.82, 2.24) is 0 Å². The number of hydrogen-bond acceptors (Lipinski definition) is 4. The van der Waals surface area contributed by atoms with E-state index in [-0.39, 0.29) is 6.42 Å². The fraction of sp³-hybridized carbons (Fsp3) is 0.400. The number of rotatable bonds is 2. The molecule has 5 nitrogen and oxygen atoms in total. The van der Waals surface area contributed by atoms with Gasteiger partial charge in [0.1, 0.15) is 6.17 Å². The Kier molecular flexibility index (Phi) is 1.77. The van der Waals surface area contributed by atoms with E-state index in [1.54, 1.807) is 0 Å². The largest absolute Gasteiger partial charge is 0.481 e. The molecule has 1 heterocycles. The van der Waals surface area contributed by atoms with E-state index < -0.39 is 12.1 Å². The van der Waals surface area contributed by atoms with Crippen molar-refractivity contribution in [2.45, 2.75) is 12.6 Å². The van der Waals surface area contributed by atoms with Crippen LogP contribution >= 0.6 is 0 Å². The molecule has 0 amide bonds. The van der Waals surface area contributed by atoms with Crippen LogP contribution in [-0.2, 0) is 4.79 Å². The third kappa shape index (κ3) is 1.63. The van der Waals surface area contributed by atoms with Gasteiger partial charge in [-0.05, 0) is 6.08 Å². The molecule has 1 aliphatic rings. The summed E-state index contributed by atoms with van der Waals surface area (Å²) < 4.78 is 0. The van der Waals surface area contributed by atoms with Crippen LogP contribution in [0.25, 0.3) is 0 Å². The second kappa shape index (κ2) is 2.57. The summed E-state index contributed by atoms with van der Waals surface area (Å²) in [7, 11) is 0. The summed E-state index contributed by atoms with van der Waals surface area (Å²) >= 11 is 0. The van der Waals surface area contributed by atoms with E-state index in [1.165, 1.54) is 6.08 Å². The Morgan fingerprint density at radius 3 is 3.00 bits per heavy atom. The highest BCUT2D eigenvalue weighted by atomic mass is 16.4. The normalized spacial score (nSPS) is 22.9. The molecule has 0 saturated carbocycles. The van der Waals surface area contributed by atoms with Crippen molar-refractivity contribution >= 4 is 5.97 Å². The van der Waals surface area contributed by atoms with E-state index in [2.05, 4.69) is 10.2 Å². The molecule has 1 aliphatic heterocycles. The van der Waals surface area contributed by atoms with Gasteiger partial charge in [-0.25, -0.2) is 0 Å². The van der Waals surface area contributed by atoms with Crippen molar-refractivity contribution in [2.75, 3.05) is 0 Å². The standard InChI is InChI=1S/C5H7N3O2/c6-4-1-3(7-8-4)2-5(9)10/h1,4H,2,6H2,(H,9,10)/t4-/m0/s1. The Hall–Kier alpha value is -1.23. The summed E-state index contributed by atoms with van der Waals surface area (Å²) in [5.41, 5.74) is 5.70. The van der Waals surface area contributed by atoms with Crippen LogP contribution in [0, 0.1) is 0 Å². The lowest BCUT2D eigenvalue weighted by Crippen LogP contribution is -2.10. The molecule has 0 aliphatic carbocycles. The predicted octanol–water partition coefficient (Wildman–Crippen LogP) is 0.0956. The van der Waals surface area contributed by atoms with Crippen LogP contribution in [-0.4, -0.2) is 17.2 Å². The van der Waals surface area contributed by atoms with Gasteiger partial charge in [0, 0.05) is 0 Å². The summed E-state index contributed by atoms with van der Waals surface area (Å²) in [5, 5.41) is 15.3. The molecule has 0 bridgehead atoms. The van der Waals surface area contributed by atoms with Gasteiger partial charge in [0.05, 0.1) is 12.1 Å². The molecule has 1 rings (SSSR count). The van der Waals surface area contributed by atoms with Gasteiger partial charge in [0.15, 0.2) is 0 Å². The van der Waals surface area contributed by atoms with E-state index in [4.69, 9.17) is 10.8 Å². The highest BCUT2D eigenvalue weighted by Gasteiger charge is 2.10. The first-order valence-electron chi connectivity index (χ1n) is 2.77. The molecule has 10 heavy (non-hydrogen) atoms. The lowest BCUT2D eigenvalue weighted by Gasteiger charge is -1.87. The summed E-state index contributed by atoms with van der Waals surface area (Å²) in [5.74, 6) is -0.917. The van der Waals surface area contributed by atoms with Gasteiger partial charge < -0.3 is 10.8 Å². The molecule has 1 atom stereocenters. The lowest BCUT2D eigenvalue weighted by molar-refractivity contribution is -0.136. The number of hydrogen-bond donors (Lipinski definition) is 2. The number of nitrogens with two attached hydrogens (primary N) is 1. The van der Waals surface area contributed by atoms with Gasteiger partial charge in [-0.1, -0.05) is 0 Å². The second-order valence-electron chi connectivity index (χ2n) is 1.93.